The molecule has 744 valence electrons. The van der Waals surface area contributed by atoms with Crippen molar-refractivity contribution < 1.29 is 65.4 Å². The van der Waals surface area contributed by atoms with Crippen LogP contribution in [0.25, 0.3) is 66.8 Å². The van der Waals surface area contributed by atoms with Gasteiger partial charge in [0.25, 0.3) is 0 Å². The summed E-state index contributed by atoms with van der Waals surface area (Å²) in [6.07, 6.45) is 4.41. The number of rotatable bonds is 8. The zero-order valence-electron chi connectivity index (χ0n) is 94.6. The Kier molecular flexibility index (Phi) is 124. The molecular weight excluding hydrogens is 1780 g/mol. The second-order valence-corrected chi connectivity index (χ2v) is 27.4. The molecule has 0 heterocycles. The fourth-order valence-electron chi connectivity index (χ4n) is 10.6. The van der Waals surface area contributed by atoms with E-state index in [0.29, 0.717) is 0 Å². The molecule has 8 heteroatoms. The molecule has 4 aliphatic carbocycles. The van der Waals surface area contributed by atoms with Crippen LogP contribution in [0.15, 0.2) is 291 Å². The summed E-state index contributed by atoms with van der Waals surface area (Å²) in [6, 6.07) is 114. The van der Waals surface area contributed by atoms with Crippen molar-refractivity contribution in [2.24, 2.45) is 0 Å². The van der Waals surface area contributed by atoms with E-state index in [9.17, 15) is 0 Å². The van der Waals surface area contributed by atoms with Crippen LogP contribution in [-0.2, 0) is 91.1 Å². The first kappa shape index (κ1) is 149. The Morgan fingerprint density at radius 2 is 0.246 bits per heavy atom. The number of fused-ring (bicyclic) bond motifs is 12. The largest absolute Gasteiger partial charge is 0.310 e. The van der Waals surface area contributed by atoms with Crippen molar-refractivity contribution in [2.45, 2.75) is 247 Å². The van der Waals surface area contributed by atoms with Gasteiger partial charge in [-0.25, -0.2) is 22.3 Å². The van der Waals surface area contributed by atoms with Gasteiger partial charge < -0.3 is 29.4 Å². The Morgan fingerprint density at radius 1 is 0.157 bits per heavy atom. The molecule has 4 aliphatic rings. The summed E-state index contributed by atoms with van der Waals surface area (Å²) in [5.74, 6) is 0. The van der Waals surface area contributed by atoms with Crippen molar-refractivity contribution >= 4 is 0 Å². The Morgan fingerprint density at radius 3 is 0.328 bits per heavy atom. The van der Waals surface area contributed by atoms with Crippen LogP contribution in [0.5, 0.6) is 0 Å². The molecule has 2 radical (unpaired) electrons. The second-order valence-electron chi connectivity index (χ2n) is 27.4. The summed E-state index contributed by atoms with van der Waals surface area (Å²) in [5, 5.41) is 0. The second kappa shape index (κ2) is 111. The average molecular weight is 1980 g/mol. The topological polar surface area (TPSA) is 19.4 Å². The number of hydrogen-bond acceptors (Lipinski definition) is 6. The van der Waals surface area contributed by atoms with E-state index < -0.39 is 0 Å². The third-order valence-electron chi connectivity index (χ3n) is 18.0. The van der Waals surface area contributed by atoms with Crippen molar-refractivity contribution in [3.05, 3.63) is 360 Å². The van der Waals surface area contributed by atoms with Crippen LogP contribution in [-0.4, -0.2) is 153 Å². The summed E-state index contributed by atoms with van der Waals surface area (Å²) in [5.41, 5.74) is 27.4. The summed E-state index contributed by atoms with van der Waals surface area (Å²) < 4.78 is 0. The molecule has 12 aromatic carbocycles. The monoisotopic (exact) mass is 1980 g/mol. The minimum absolute atomic E-state index is 0. The molecule has 0 amide bonds. The van der Waals surface area contributed by atoms with Gasteiger partial charge in [0.1, 0.15) is 0 Å². The standard InChI is InChI=1S/4C13H10.2C12H8.6C4H11N.13C2H6.2Y/c4*1-3-7-12-10(5-1)9-11-6-2-4-8-13(11)12;2*1-3-7-11(8-4-1)12-9-5-2-6-10-12;6*1-4-5(2)3;13*1-2;;/h4*1-8H,9H2;2*1-7,9H;6*4H2,1-3H3;13*1-2H3;;/q;;;;2*-2;;;;;;;;;;;;;;;;;;;;;. The molecule has 0 N–H and O–H groups in total. The smallest absolute Gasteiger partial charge is 0 e. The molecule has 12 aromatic rings. The van der Waals surface area contributed by atoms with Crippen molar-refractivity contribution in [1.82, 2.24) is 29.4 Å². The molecule has 16 rings (SSSR count). The Balaban J connectivity index is -0.000000136. The molecule has 0 unspecified atom stereocenters. The average Bonchev–Trinajstić information content (AvgIpc) is 1.67. The van der Waals surface area contributed by atoms with Crippen LogP contribution < -0.4 is 0 Å². The van der Waals surface area contributed by atoms with Crippen LogP contribution in [0.2, 0.25) is 0 Å². The third-order valence-corrected chi connectivity index (χ3v) is 18.0. The summed E-state index contributed by atoms with van der Waals surface area (Å²) in [6.45, 7) is 71.6. The Hall–Kier alpha value is -7.39. The fourth-order valence-corrected chi connectivity index (χ4v) is 10.6. The number of benzene rings is 12. The van der Waals surface area contributed by atoms with Gasteiger partial charge in [0.2, 0.25) is 0 Å². The summed E-state index contributed by atoms with van der Waals surface area (Å²) >= 11 is 0. The van der Waals surface area contributed by atoms with Crippen molar-refractivity contribution in [1.29, 1.82) is 0 Å². The first-order chi connectivity index (χ1) is 64.4. The third kappa shape index (κ3) is 70.3. The van der Waals surface area contributed by atoms with Crippen LogP contribution in [0.1, 0.15) is 266 Å². The van der Waals surface area contributed by atoms with Gasteiger partial charge >= 0.3 is 0 Å². The molecule has 0 aliphatic heterocycles. The maximum atomic E-state index is 3.15. The predicted octanol–water partition coefficient (Wildman–Crippen LogP) is 35.7. The normalized spacial score (nSPS) is 9.24. The first-order valence-electron chi connectivity index (χ1n) is 50.8. The fraction of sp³-hybridized carbons (Fsp3) is 0.429. The molecule has 0 aromatic heterocycles. The van der Waals surface area contributed by atoms with Gasteiger partial charge in [-0.15, -0.1) is 24.3 Å². The zero-order chi connectivity index (χ0) is 103. The van der Waals surface area contributed by atoms with Gasteiger partial charge in [-0.2, -0.15) is 97.1 Å². The van der Waals surface area contributed by atoms with E-state index in [0.717, 1.165) is 87.2 Å². The first-order valence-corrected chi connectivity index (χ1v) is 50.8. The van der Waals surface area contributed by atoms with E-state index in [-0.39, 0.29) is 65.4 Å². The minimum Gasteiger partial charge on any atom is -0.310 e. The number of nitrogens with zero attached hydrogens (tertiary/aromatic N) is 6. The molecule has 134 heavy (non-hydrogen) atoms. The van der Waals surface area contributed by atoms with Crippen LogP contribution in [0.3, 0.4) is 0 Å². The SMILES string of the molecule is CC.CC.CC.CC.CC.CC.CC.CC.CC.CC.CC.CC.CC.CCN(C)C.CCN(C)C.CCN(C)C.CCN(C)C.CCN(C)C.CCN(C)C.[Y].[Y].[c-]1ccccc1-c1[c-]cccc1.[c-]1ccccc1-c1[c-]cccc1.c1ccc2c(c1)Cc1ccccc1-2.c1ccc2c(c1)Cc1ccccc1-2.c1ccc2c(c1)Cc1ccccc1-2.c1ccc2c(c1)Cc1ccccc1-2. The molecule has 0 fully saturated rings. The van der Waals surface area contributed by atoms with E-state index in [1.165, 1.54) is 89.0 Å². The maximum Gasteiger partial charge on any atom is 0 e. The Bertz CT molecular complexity index is 3550. The molecule has 0 saturated carbocycles. The molecule has 0 saturated heterocycles. The quantitative estimate of drug-likeness (QED) is 0.140. The molecule has 0 bridgehead atoms. The van der Waals surface area contributed by atoms with E-state index >= 15 is 0 Å². The van der Waals surface area contributed by atoms with E-state index in [1.807, 2.05) is 277 Å². The number of hydrogen-bond donors (Lipinski definition) is 0. The van der Waals surface area contributed by atoms with Crippen LogP contribution >= 0.6 is 0 Å². The van der Waals surface area contributed by atoms with Gasteiger partial charge in [0.15, 0.2) is 0 Å². The molecule has 0 spiro atoms. The van der Waals surface area contributed by atoms with Gasteiger partial charge in [0.05, 0.1) is 0 Å². The molecule has 6 nitrogen and oxygen atoms in total. The molecule has 0 atom stereocenters. The van der Waals surface area contributed by atoms with Gasteiger partial charge in [0, 0.05) is 65.4 Å². The Labute approximate surface area is 884 Å². The summed E-state index contributed by atoms with van der Waals surface area (Å²) in [4.78, 5) is 12.8. The van der Waals surface area contributed by atoms with Crippen molar-refractivity contribution in [3.63, 3.8) is 0 Å². The van der Waals surface area contributed by atoms with E-state index in [2.05, 4.69) is 374 Å². The molecular formula is C126H200N6Y2-4. The summed E-state index contributed by atoms with van der Waals surface area (Å²) in [7, 11) is 24.7. The van der Waals surface area contributed by atoms with E-state index in [1.54, 1.807) is 0 Å². The van der Waals surface area contributed by atoms with Gasteiger partial charge in [-0.05, 0) is 239 Å². The van der Waals surface area contributed by atoms with Crippen molar-refractivity contribution in [3.8, 4) is 66.8 Å². The van der Waals surface area contributed by atoms with Crippen LogP contribution in [0.4, 0.5) is 0 Å². The van der Waals surface area contributed by atoms with Crippen LogP contribution in [0, 0.1) is 24.3 Å². The maximum absolute atomic E-state index is 3.15. The minimum atomic E-state index is 0. The zero-order valence-corrected chi connectivity index (χ0v) is 100. The van der Waals surface area contributed by atoms with Gasteiger partial charge in [-0.3, -0.25) is 0 Å². The van der Waals surface area contributed by atoms with Crippen molar-refractivity contribution in [2.75, 3.05) is 124 Å². The van der Waals surface area contributed by atoms with Gasteiger partial charge in [-0.1, -0.05) is 416 Å². The van der Waals surface area contributed by atoms with E-state index in [4.69, 9.17) is 0 Å². The predicted molar refractivity (Wildman–Crippen MR) is 611 cm³/mol.